The fourth-order valence-corrected chi connectivity index (χ4v) is 6.06. The van der Waals surface area contributed by atoms with Gasteiger partial charge in [0.25, 0.3) is 0 Å². The third kappa shape index (κ3) is 2.37. The summed E-state index contributed by atoms with van der Waals surface area (Å²) >= 11 is 0. The van der Waals surface area contributed by atoms with E-state index < -0.39 is 0 Å². The second-order valence-electron chi connectivity index (χ2n) is 10.3. The molecule has 148 valence electrons. The number of carbonyl (C=O) groups is 2. The van der Waals surface area contributed by atoms with Gasteiger partial charge in [-0.15, -0.1) is 0 Å². The molecule has 1 spiro atoms. The van der Waals surface area contributed by atoms with Crippen LogP contribution in [0.2, 0.25) is 0 Å². The largest absolute Gasteiger partial charge is 0.449 e. The van der Waals surface area contributed by atoms with Gasteiger partial charge in [0.2, 0.25) is 5.91 Å². The molecule has 1 aromatic rings. The average Bonchev–Trinajstić information content (AvgIpc) is 3.56. The molecule has 2 atom stereocenters. The average molecular weight is 380 g/mol. The molecular formula is C23H28N2O3. The quantitative estimate of drug-likeness (QED) is 0.877. The molecule has 1 aromatic carbocycles. The molecule has 0 aromatic heterocycles. The van der Waals surface area contributed by atoms with Crippen LogP contribution in [0.25, 0.3) is 0 Å². The minimum Gasteiger partial charge on any atom is -0.449 e. The van der Waals surface area contributed by atoms with Crippen molar-refractivity contribution in [3.63, 3.8) is 0 Å². The highest BCUT2D eigenvalue weighted by atomic mass is 16.6. The first-order valence-corrected chi connectivity index (χ1v) is 10.8. The number of ether oxygens (including phenoxy) is 1. The van der Waals surface area contributed by atoms with Crippen LogP contribution in [0.4, 0.5) is 4.79 Å². The topological polar surface area (TPSA) is 58.6 Å². The van der Waals surface area contributed by atoms with E-state index in [2.05, 4.69) is 41.4 Å². The molecular weight excluding hydrogens is 352 g/mol. The predicted molar refractivity (Wildman–Crippen MR) is 104 cm³/mol. The molecule has 3 aliphatic carbocycles. The van der Waals surface area contributed by atoms with E-state index in [1.165, 1.54) is 30.4 Å². The molecule has 0 radical (unpaired) electrons. The van der Waals surface area contributed by atoms with Crippen LogP contribution in [-0.4, -0.2) is 42.1 Å². The van der Waals surface area contributed by atoms with Gasteiger partial charge in [-0.25, -0.2) is 4.79 Å². The van der Waals surface area contributed by atoms with E-state index in [-0.39, 0.29) is 23.0 Å². The first kappa shape index (κ1) is 16.9. The van der Waals surface area contributed by atoms with Gasteiger partial charge in [-0.3, -0.25) is 4.79 Å². The zero-order valence-electron chi connectivity index (χ0n) is 16.5. The van der Waals surface area contributed by atoms with Crippen LogP contribution in [0, 0.1) is 11.8 Å². The van der Waals surface area contributed by atoms with Crippen LogP contribution in [0.5, 0.6) is 0 Å². The van der Waals surface area contributed by atoms with Gasteiger partial charge in [0, 0.05) is 36.4 Å². The third-order valence-corrected chi connectivity index (χ3v) is 8.42. The van der Waals surface area contributed by atoms with E-state index in [0.717, 1.165) is 32.4 Å². The van der Waals surface area contributed by atoms with Gasteiger partial charge >= 0.3 is 6.09 Å². The number of nitrogens with zero attached hydrogens (tertiary/aromatic N) is 1. The van der Waals surface area contributed by atoms with E-state index >= 15 is 0 Å². The summed E-state index contributed by atoms with van der Waals surface area (Å²) in [4.78, 5) is 26.7. The molecule has 0 bridgehead atoms. The monoisotopic (exact) mass is 380 g/mol. The van der Waals surface area contributed by atoms with Crippen molar-refractivity contribution < 1.29 is 14.3 Å². The minimum atomic E-state index is -0.331. The van der Waals surface area contributed by atoms with Crippen molar-refractivity contribution >= 4 is 12.0 Å². The lowest BCUT2D eigenvalue weighted by atomic mass is 9.65. The Hall–Kier alpha value is -2.04. The zero-order valence-corrected chi connectivity index (χ0v) is 16.5. The summed E-state index contributed by atoms with van der Waals surface area (Å²) in [5, 5.41) is 2.95. The maximum atomic E-state index is 13.1. The fourth-order valence-electron chi connectivity index (χ4n) is 6.06. The van der Waals surface area contributed by atoms with Crippen LogP contribution >= 0.6 is 0 Å². The smallest absolute Gasteiger partial charge is 0.407 e. The number of nitrogens with one attached hydrogen (secondary N) is 1. The molecule has 5 fully saturated rings. The SMILES string of the molecule is CC1(c2ccc(C34CC3CN(C(=O)[C@H]3C[C@]5(CCOC(=O)N5)C3)C4)cc2)CC1. The summed E-state index contributed by atoms with van der Waals surface area (Å²) in [6.07, 6.45) is 5.85. The van der Waals surface area contributed by atoms with Gasteiger partial charge in [-0.2, -0.15) is 0 Å². The Morgan fingerprint density at radius 3 is 2.50 bits per heavy atom. The van der Waals surface area contributed by atoms with Crippen molar-refractivity contribution in [2.24, 2.45) is 11.8 Å². The van der Waals surface area contributed by atoms with Crippen LogP contribution < -0.4 is 5.32 Å². The normalized spacial score (nSPS) is 39.6. The number of hydrogen-bond donors (Lipinski definition) is 1. The zero-order chi connectivity index (χ0) is 19.1. The lowest BCUT2D eigenvalue weighted by Crippen LogP contribution is -2.63. The Kier molecular flexibility index (Phi) is 3.20. The molecule has 28 heavy (non-hydrogen) atoms. The Bertz CT molecular complexity index is 853. The Balaban J connectivity index is 1.11. The lowest BCUT2D eigenvalue weighted by molar-refractivity contribution is -0.141. The molecule has 2 saturated heterocycles. The second kappa shape index (κ2) is 5.31. The van der Waals surface area contributed by atoms with Crippen LogP contribution in [0.15, 0.2) is 24.3 Å². The van der Waals surface area contributed by atoms with Crippen molar-refractivity contribution in [1.82, 2.24) is 10.2 Å². The lowest BCUT2D eigenvalue weighted by Gasteiger charge is -2.49. The number of alkyl carbamates (subject to hydrolysis) is 1. The standard InChI is InChI=1S/C23H28N2O3/c1-21(6-7-21)16-2-4-17(5-3-16)23-12-18(23)13-25(14-23)19(26)15-10-22(11-15)8-9-28-20(27)24-22/h2-5,15,18H,6-14H2,1H3,(H,24,27)/t15-,18?,22+,23?. The van der Waals surface area contributed by atoms with Crippen LogP contribution in [0.3, 0.4) is 0 Å². The summed E-state index contributed by atoms with van der Waals surface area (Å²) in [6, 6.07) is 9.28. The van der Waals surface area contributed by atoms with Crippen molar-refractivity contribution in [1.29, 1.82) is 0 Å². The van der Waals surface area contributed by atoms with E-state index in [4.69, 9.17) is 4.74 Å². The second-order valence-corrected chi connectivity index (χ2v) is 10.3. The number of likely N-dealkylation sites (tertiary alicyclic amines) is 1. The highest BCUT2D eigenvalue weighted by Crippen LogP contribution is 2.60. The molecule has 5 aliphatic rings. The molecule has 2 unspecified atom stereocenters. The molecule has 3 saturated carbocycles. The van der Waals surface area contributed by atoms with Gasteiger partial charge in [-0.05, 0) is 54.6 Å². The summed E-state index contributed by atoms with van der Waals surface area (Å²) in [5.74, 6) is 0.973. The van der Waals surface area contributed by atoms with Gasteiger partial charge in [-0.1, -0.05) is 31.2 Å². The Morgan fingerprint density at radius 1 is 1.11 bits per heavy atom. The molecule has 1 N–H and O–H groups in total. The van der Waals surface area contributed by atoms with Gasteiger partial charge in [0.1, 0.15) is 0 Å². The number of fused-ring (bicyclic) bond motifs is 1. The molecule has 2 amide bonds. The van der Waals surface area contributed by atoms with E-state index in [9.17, 15) is 9.59 Å². The summed E-state index contributed by atoms with van der Waals surface area (Å²) in [5.41, 5.74) is 3.31. The van der Waals surface area contributed by atoms with Crippen molar-refractivity contribution in [3.05, 3.63) is 35.4 Å². The Labute approximate surface area is 165 Å². The van der Waals surface area contributed by atoms with Gasteiger partial charge in [0.05, 0.1) is 6.61 Å². The molecule has 2 aliphatic heterocycles. The number of amides is 2. The van der Waals surface area contributed by atoms with E-state index in [0.29, 0.717) is 23.8 Å². The third-order valence-electron chi connectivity index (χ3n) is 8.42. The molecule has 5 heteroatoms. The molecule has 5 nitrogen and oxygen atoms in total. The number of hydrogen-bond acceptors (Lipinski definition) is 3. The van der Waals surface area contributed by atoms with Crippen molar-refractivity contribution in [3.8, 4) is 0 Å². The first-order chi connectivity index (χ1) is 13.4. The number of cyclic esters (lactones) is 1. The van der Waals surface area contributed by atoms with Crippen LogP contribution in [-0.2, 0) is 20.4 Å². The van der Waals surface area contributed by atoms with Gasteiger partial charge < -0.3 is 15.0 Å². The highest BCUT2D eigenvalue weighted by molar-refractivity contribution is 5.82. The van der Waals surface area contributed by atoms with E-state index in [1.807, 2.05) is 0 Å². The molecule has 2 heterocycles. The number of carbonyl (C=O) groups excluding carboxylic acids is 2. The van der Waals surface area contributed by atoms with E-state index in [1.54, 1.807) is 0 Å². The summed E-state index contributed by atoms with van der Waals surface area (Å²) < 4.78 is 4.97. The van der Waals surface area contributed by atoms with Crippen molar-refractivity contribution in [2.45, 2.75) is 61.8 Å². The predicted octanol–water partition coefficient (Wildman–Crippen LogP) is 3.12. The fraction of sp³-hybridized carbons (Fsp3) is 0.652. The molecule has 6 rings (SSSR count). The summed E-state index contributed by atoms with van der Waals surface area (Å²) in [6.45, 7) is 4.59. The van der Waals surface area contributed by atoms with Crippen LogP contribution in [0.1, 0.15) is 56.6 Å². The number of rotatable bonds is 3. The number of benzene rings is 1. The van der Waals surface area contributed by atoms with Crippen molar-refractivity contribution in [2.75, 3.05) is 19.7 Å². The van der Waals surface area contributed by atoms with Gasteiger partial charge in [0.15, 0.2) is 0 Å². The minimum absolute atomic E-state index is 0.0603. The maximum Gasteiger partial charge on any atom is 0.407 e. The maximum absolute atomic E-state index is 13.1. The number of piperidine rings is 1. The highest BCUT2D eigenvalue weighted by Gasteiger charge is 2.63. The first-order valence-electron chi connectivity index (χ1n) is 10.8. The summed E-state index contributed by atoms with van der Waals surface area (Å²) in [7, 11) is 0. The Morgan fingerprint density at radius 2 is 1.82 bits per heavy atom.